The zero-order chi connectivity index (χ0) is 12.1. The summed E-state index contributed by atoms with van der Waals surface area (Å²) >= 11 is 0. The van der Waals surface area contributed by atoms with Crippen LogP contribution in [0, 0.1) is 0 Å². The number of hydrogen-bond donors (Lipinski definition) is 4. The Hall–Kier alpha value is -0.690. The molecule has 6 heteroatoms. The van der Waals surface area contributed by atoms with E-state index in [0.717, 1.165) is 12.8 Å². The van der Waals surface area contributed by atoms with Crippen LogP contribution in [0.4, 0.5) is 0 Å². The highest BCUT2D eigenvalue weighted by molar-refractivity contribution is 5.76. The lowest BCUT2D eigenvalue weighted by molar-refractivity contribution is -0.127. The maximum atomic E-state index is 11.4. The van der Waals surface area contributed by atoms with Crippen LogP contribution < -0.4 is 5.32 Å². The number of rotatable bonds is 5. The minimum atomic E-state index is -1.19. The Bertz CT molecular complexity index is 235. The highest BCUT2D eigenvalue weighted by Gasteiger charge is 2.42. The topological polar surface area (TPSA) is 99.0 Å². The van der Waals surface area contributed by atoms with Gasteiger partial charge >= 0.3 is 0 Å². The van der Waals surface area contributed by atoms with Gasteiger partial charge in [0, 0.05) is 6.42 Å². The van der Waals surface area contributed by atoms with Crippen LogP contribution >= 0.6 is 0 Å². The van der Waals surface area contributed by atoms with Crippen molar-refractivity contribution < 1.29 is 24.9 Å². The van der Waals surface area contributed by atoms with Crippen LogP contribution in [-0.2, 0) is 9.53 Å². The maximum absolute atomic E-state index is 11.4. The molecule has 0 aliphatic carbocycles. The van der Waals surface area contributed by atoms with E-state index in [1.54, 1.807) is 0 Å². The van der Waals surface area contributed by atoms with Crippen LogP contribution in [0.25, 0.3) is 0 Å². The normalized spacial score (nSPS) is 34.0. The monoisotopic (exact) mass is 233 g/mol. The summed E-state index contributed by atoms with van der Waals surface area (Å²) in [5.74, 6) is -0.225. The molecule has 1 aliphatic heterocycles. The Morgan fingerprint density at radius 2 is 2.06 bits per heavy atom. The lowest BCUT2D eigenvalue weighted by Crippen LogP contribution is -2.43. The summed E-state index contributed by atoms with van der Waals surface area (Å²) in [6.07, 6.45) is -2.10. The molecule has 16 heavy (non-hydrogen) atoms. The van der Waals surface area contributed by atoms with E-state index >= 15 is 0 Å². The first-order valence-corrected chi connectivity index (χ1v) is 5.52. The second-order valence-corrected chi connectivity index (χ2v) is 3.93. The van der Waals surface area contributed by atoms with Crippen molar-refractivity contribution in [2.75, 3.05) is 6.61 Å². The third-order valence-corrected chi connectivity index (χ3v) is 2.60. The predicted molar refractivity (Wildman–Crippen MR) is 55.4 cm³/mol. The molecule has 6 nitrogen and oxygen atoms in total. The Balaban J connectivity index is 2.40. The van der Waals surface area contributed by atoms with Crippen LogP contribution in [0.15, 0.2) is 0 Å². The van der Waals surface area contributed by atoms with Crippen LogP contribution in [0.5, 0.6) is 0 Å². The summed E-state index contributed by atoms with van der Waals surface area (Å²) < 4.78 is 5.10. The molecule has 1 amide bonds. The van der Waals surface area contributed by atoms with Crippen molar-refractivity contribution in [2.24, 2.45) is 0 Å². The Kier molecular flexibility index (Phi) is 5.14. The van der Waals surface area contributed by atoms with E-state index in [1.165, 1.54) is 0 Å². The van der Waals surface area contributed by atoms with Crippen molar-refractivity contribution in [2.45, 2.75) is 50.7 Å². The van der Waals surface area contributed by atoms with Gasteiger partial charge in [0.05, 0.1) is 6.61 Å². The zero-order valence-electron chi connectivity index (χ0n) is 9.30. The SMILES string of the molecule is CCCCC(=O)N[C@@H]1O[C@H](CO)[C@@H](O)[C@@H]1O. The van der Waals surface area contributed by atoms with E-state index in [0.29, 0.717) is 6.42 Å². The van der Waals surface area contributed by atoms with Crippen LogP contribution in [-0.4, -0.2) is 52.4 Å². The summed E-state index contributed by atoms with van der Waals surface area (Å²) in [7, 11) is 0. The molecule has 1 rings (SSSR count). The number of ether oxygens (including phenoxy) is 1. The predicted octanol–water partition coefficient (Wildman–Crippen LogP) is -1.27. The average molecular weight is 233 g/mol. The largest absolute Gasteiger partial charge is 0.394 e. The summed E-state index contributed by atoms with van der Waals surface area (Å²) in [4.78, 5) is 11.4. The molecule has 0 bridgehead atoms. The fourth-order valence-corrected chi connectivity index (χ4v) is 1.59. The molecule has 4 N–H and O–H groups in total. The fraction of sp³-hybridized carbons (Fsp3) is 0.900. The van der Waals surface area contributed by atoms with Gasteiger partial charge in [-0.1, -0.05) is 13.3 Å². The number of nitrogens with one attached hydrogen (secondary N) is 1. The smallest absolute Gasteiger partial charge is 0.222 e. The van der Waals surface area contributed by atoms with Crippen molar-refractivity contribution in [1.29, 1.82) is 0 Å². The lowest BCUT2D eigenvalue weighted by Gasteiger charge is -2.16. The van der Waals surface area contributed by atoms with Crippen molar-refractivity contribution in [1.82, 2.24) is 5.32 Å². The van der Waals surface area contributed by atoms with Gasteiger partial charge in [-0.15, -0.1) is 0 Å². The standard InChI is InChI=1S/C10H19NO5/c1-2-3-4-7(13)11-10-9(15)8(14)6(5-12)16-10/h6,8-10,12,14-15H,2-5H2,1H3,(H,11,13)/t6-,8-,9+,10-/m1/s1. The van der Waals surface area contributed by atoms with Crippen molar-refractivity contribution in [3.05, 3.63) is 0 Å². The molecule has 1 aliphatic rings. The van der Waals surface area contributed by atoms with E-state index < -0.39 is 24.5 Å². The number of aliphatic hydroxyl groups excluding tert-OH is 3. The molecule has 0 radical (unpaired) electrons. The fourth-order valence-electron chi connectivity index (χ4n) is 1.59. The van der Waals surface area contributed by atoms with Gasteiger partial charge in [-0.2, -0.15) is 0 Å². The number of carbonyl (C=O) groups excluding carboxylic acids is 1. The molecule has 94 valence electrons. The minimum absolute atomic E-state index is 0.225. The summed E-state index contributed by atoms with van der Waals surface area (Å²) in [6, 6.07) is 0. The van der Waals surface area contributed by atoms with Crippen LogP contribution in [0.2, 0.25) is 0 Å². The third-order valence-electron chi connectivity index (χ3n) is 2.60. The Morgan fingerprint density at radius 3 is 2.56 bits per heavy atom. The van der Waals surface area contributed by atoms with Crippen molar-refractivity contribution >= 4 is 5.91 Å². The maximum Gasteiger partial charge on any atom is 0.222 e. The van der Waals surface area contributed by atoms with E-state index in [1.807, 2.05) is 6.92 Å². The summed E-state index contributed by atoms with van der Waals surface area (Å²) in [6.45, 7) is 1.58. The molecule has 1 saturated heterocycles. The highest BCUT2D eigenvalue weighted by atomic mass is 16.6. The first kappa shape index (κ1) is 13.4. The molecule has 1 heterocycles. The number of carbonyl (C=O) groups is 1. The van der Waals surface area contributed by atoms with Gasteiger partial charge in [-0.3, -0.25) is 4.79 Å². The molecule has 0 aromatic heterocycles. The van der Waals surface area contributed by atoms with E-state index in [4.69, 9.17) is 9.84 Å². The number of unbranched alkanes of at least 4 members (excludes halogenated alkanes) is 1. The Labute approximate surface area is 94.2 Å². The molecule has 0 spiro atoms. The lowest BCUT2D eigenvalue weighted by atomic mass is 10.1. The van der Waals surface area contributed by atoms with Gasteiger partial charge < -0.3 is 25.4 Å². The number of aliphatic hydroxyl groups is 3. The second kappa shape index (κ2) is 6.15. The molecule has 0 unspecified atom stereocenters. The molecular weight excluding hydrogens is 214 g/mol. The zero-order valence-corrected chi connectivity index (χ0v) is 9.30. The number of hydrogen-bond acceptors (Lipinski definition) is 5. The average Bonchev–Trinajstić information content (AvgIpc) is 2.54. The second-order valence-electron chi connectivity index (χ2n) is 3.93. The third kappa shape index (κ3) is 3.15. The van der Waals surface area contributed by atoms with Crippen LogP contribution in [0.3, 0.4) is 0 Å². The molecule has 0 aromatic rings. The van der Waals surface area contributed by atoms with Crippen LogP contribution in [0.1, 0.15) is 26.2 Å². The van der Waals surface area contributed by atoms with E-state index in [-0.39, 0.29) is 12.5 Å². The van der Waals surface area contributed by atoms with Crippen molar-refractivity contribution in [3.63, 3.8) is 0 Å². The molecular formula is C10H19NO5. The first-order chi connectivity index (χ1) is 7.60. The molecule has 0 aromatic carbocycles. The van der Waals surface area contributed by atoms with E-state index in [2.05, 4.69) is 5.32 Å². The minimum Gasteiger partial charge on any atom is -0.394 e. The quantitative estimate of drug-likeness (QED) is 0.474. The molecule has 4 atom stereocenters. The first-order valence-electron chi connectivity index (χ1n) is 5.52. The number of amides is 1. The van der Waals surface area contributed by atoms with Gasteiger partial charge in [-0.05, 0) is 6.42 Å². The summed E-state index contributed by atoms with van der Waals surface area (Å²) in [5, 5.41) is 30.3. The van der Waals surface area contributed by atoms with Gasteiger partial charge in [0.2, 0.25) is 5.91 Å². The highest BCUT2D eigenvalue weighted by Crippen LogP contribution is 2.19. The molecule has 1 fully saturated rings. The summed E-state index contributed by atoms with van der Waals surface area (Å²) in [5.41, 5.74) is 0. The van der Waals surface area contributed by atoms with Gasteiger partial charge in [0.1, 0.15) is 18.3 Å². The van der Waals surface area contributed by atoms with Gasteiger partial charge in [0.25, 0.3) is 0 Å². The molecule has 0 saturated carbocycles. The van der Waals surface area contributed by atoms with Crippen molar-refractivity contribution in [3.8, 4) is 0 Å². The van der Waals surface area contributed by atoms with E-state index in [9.17, 15) is 15.0 Å². The Morgan fingerprint density at radius 1 is 1.38 bits per heavy atom. The van der Waals surface area contributed by atoms with Gasteiger partial charge in [-0.25, -0.2) is 0 Å². The van der Waals surface area contributed by atoms with Gasteiger partial charge in [0.15, 0.2) is 6.23 Å².